The molecule has 2 aromatic carbocycles. The van der Waals surface area contributed by atoms with E-state index in [4.69, 9.17) is 0 Å². The first-order valence-electron chi connectivity index (χ1n) is 9.55. The van der Waals surface area contributed by atoms with Gasteiger partial charge in [0.1, 0.15) is 0 Å². The van der Waals surface area contributed by atoms with Crippen molar-refractivity contribution < 1.29 is 27.7 Å². The highest BCUT2D eigenvalue weighted by Crippen LogP contribution is 2.19. The number of sulfonamides is 1. The van der Waals surface area contributed by atoms with Crippen LogP contribution in [0.5, 0.6) is 0 Å². The Hall–Kier alpha value is -3.84. The van der Waals surface area contributed by atoms with Gasteiger partial charge < -0.3 is 5.32 Å². The molecule has 0 fully saturated rings. The Morgan fingerprint density at radius 3 is 2.21 bits per heavy atom. The van der Waals surface area contributed by atoms with Crippen LogP contribution in [0.1, 0.15) is 21.5 Å². The van der Waals surface area contributed by atoms with Crippen LogP contribution in [0, 0.1) is 24.0 Å². The van der Waals surface area contributed by atoms with Gasteiger partial charge in [-0.25, -0.2) is 8.42 Å². The second-order valence-electron chi connectivity index (χ2n) is 7.11. The number of amides is 3. The Morgan fingerprint density at radius 1 is 1.00 bits per heavy atom. The van der Waals surface area contributed by atoms with Gasteiger partial charge in [0.15, 0.2) is 0 Å². The van der Waals surface area contributed by atoms with E-state index in [-0.39, 0.29) is 16.1 Å². The number of carbonyl (C=O) groups excluding carboxylic acids is 3. The Bertz CT molecular complexity index is 1180. The van der Waals surface area contributed by atoms with E-state index in [1.165, 1.54) is 38.2 Å². The quantitative estimate of drug-likeness (QED) is 0.365. The molecule has 0 atom stereocenters. The number of hydrogen-bond donors (Lipinski definition) is 3. The van der Waals surface area contributed by atoms with Crippen molar-refractivity contribution in [1.82, 2.24) is 20.5 Å². The molecule has 12 nitrogen and oxygen atoms in total. The third-order valence-corrected chi connectivity index (χ3v) is 6.33. The van der Waals surface area contributed by atoms with Crippen molar-refractivity contribution in [2.75, 3.05) is 20.1 Å². The van der Waals surface area contributed by atoms with Crippen LogP contribution in [0.2, 0.25) is 0 Å². The Balaban J connectivity index is 1.84. The fourth-order valence-corrected chi connectivity index (χ4v) is 3.74. The maximum Gasteiger partial charge on any atom is 0.273 e. The highest BCUT2D eigenvalue weighted by molar-refractivity contribution is 7.89. The largest absolute Gasteiger partial charge is 0.343 e. The first-order chi connectivity index (χ1) is 15.4. The zero-order valence-corrected chi connectivity index (χ0v) is 18.9. The first-order valence-corrected chi connectivity index (χ1v) is 11.0. The van der Waals surface area contributed by atoms with Crippen LogP contribution >= 0.6 is 0 Å². The summed E-state index contributed by atoms with van der Waals surface area (Å²) in [6, 6.07) is 9.98. The van der Waals surface area contributed by atoms with Gasteiger partial charge in [0.25, 0.3) is 23.4 Å². The zero-order valence-electron chi connectivity index (χ0n) is 18.1. The molecule has 0 saturated carbocycles. The molecule has 176 valence electrons. The van der Waals surface area contributed by atoms with E-state index in [0.717, 1.165) is 15.9 Å². The average Bonchev–Trinajstić information content (AvgIpc) is 2.76. The number of likely N-dealkylation sites (N-methyl/N-ethyl adjacent to an activating group) is 1. The molecule has 2 rings (SSSR count). The highest BCUT2D eigenvalue weighted by Gasteiger charge is 2.23. The van der Waals surface area contributed by atoms with Crippen LogP contribution < -0.4 is 16.2 Å². The summed E-state index contributed by atoms with van der Waals surface area (Å²) < 4.78 is 25.8. The maximum absolute atomic E-state index is 12.5. The molecule has 0 aromatic heterocycles. The number of carbonyl (C=O) groups is 3. The Morgan fingerprint density at radius 2 is 1.61 bits per heavy atom. The number of nitro benzene ring substituents is 1. The molecule has 0 unspecified atom stereocenters. The van der Waals surface area contributed by atoms with E-state index in [9.17, 15) is 32.9 Å². The Labute approximate surface area is 190 Å². The van der Waals surface area contributed by atoms with Gasteiger partial charge in [0.2, 0.25) is 10.0 Å². The molecule has 0 aliphatic heterocycles. The van der Waals surface area contributed by atoms with Gasteiger partial charge in [0.05, 0.1) is 22.9 Å². The summed E-state index contributed by atoms with van der Waals surface area (Å²) in [5.41, 5.74) is 5.13. The number of nitro groups is 1. The third-order valence-electron chi connectivity index (χ3n) is 4.51. The van der Waals surface area contributed by atoms with Crippen LogP contribution in [-0.4, -0.2) is 55.5 Å². The monoisotopic (exact) mass is 477 g/mol. The van der Waals surface area contributed by atoms with E-state index in [0.29, 0.717) is 5.56 Å². The van der Waals surface area contributed by atoms with Crippen LogP contribution in [0.3, 0.4) is 0 Å². The molecule has 33 heavy (non-hydrogen) atoms. The summed E-state index contributed by atoms with van der Waals surface area (Å²) >= 11 is 0. The van der Waals surface area contributed by atoms with Gasteiger partial charge in [0, 0.05) is 24.2 Å². The molecule has 0 aliphatic carbocycles. The number of nitrogens with one attached hydrogen (secondary N) is 3. The minimum atomic E-state index is -3.90. The van der Waals surface area contributed by atoms with Crippen LogP contribution in [0.25, 0.3) is 0 Å². The van der Waals surface area contributed by atoms with E-state index >= 15 is 0 Å². The van der Waals surface area contributed by atoms with Crippen molar-refractivity contribution in [3.63, 3.8) is 0 Å². The normalized spacial score (nSPS) is 11.0. The molecule has 0 saturated heterocycles. The lowest BCUT2D eigenvalue weighted by atomic mass is 10.1. The van der Waals surface area contributed by atoms with E-state index < -0.39 is 45.8 Å². The van der Waals surface area contributed by atoms with Crippen molar-refractivity contribution >= 4 is 33.4 Å². The van der Waals surface area contributed by atoms with Crippen LogP contribution in [-0.2, 0) is 19.6 Å². The third kappa shape index (κ3) is 6.82. The van der Waals surface area contributed by atoms with Crippen molar-refractivity contribution in [1.29, 1.82) is 0 Å². The molecule has 2 aromatic rings. The molecule has 3 amide bonds. The minimum absolute atomic E-state index is 0.00734. The molecular weight excluding hydrogens is 454 g/mol. The summed E-state index contributed by atoms with van der Waals surface area (Å²) in [5.74, 6) is -2.31. The van der Waals surface area contributed by atoms with Crippen LogP contribution in [0.4, 0.5) is 5.69 Å². The topological polar surface area (TPSA) is 168 Å². The van der Waals surface area contributed by atoms with Crippen LogP contribution in [0.15, 0.2) is 47.4 Å². The number of aryl methyl sites for hydroxylation is 2. The molecule has 0 radical (unpaired) electrons. The Kier molecular flexibility index (Phi) is 8.21. The number of hydrazine groups is 1. The predicted octanol–water partition coefficient (Wildman–Crippen LogP) is 0.410. The minimum Gasteiger partial charge on any atom is -0.343 e. The first kappa shape index (κ1) is 25.4. The standard InChI is InChI=1S/C20H23N5O7S/c1-13-4-8-16(9-5-13)33(31,32)24(3)12-19(27)23-22-18(26)11-21-20(28)15-7-6-14(2)17(10-15)25(29)30/h4-10H,11-12H2,1-3H3,(H,21,28)(H,22,26)(H,23,27). The van der Waals surface area contributed by atoms with Crippen molar-refractivity contribution in [2.45, 2.75) is 18.7 Å². The van der Waals surface area contributed by atoms with Crippen molar-refractivity contribution in [3.8, 4) is 0 Å². The highest BCUT2D eigenvalue weighted by atomic mass is 32.2. The van der Waals surface area contributed by atoms with E-state index in [2.05, 4.69) is 10.7 Å². The SMILES string of the molecule is Cc1ccc(S(=O)(=O)N(C)CC(=O)NNC(=O)CNC(=O)c2ccc(C)c([N+](=O)[O-])c2)cc1. The molecule has 0 spiro atoms. The summed E-state index contributed by atoms with van der Waals surface area (Å²) in [7, 11) is -2.68. The fourth-order valence-electron chi connectivity index (χ4n) is 2.61. The second kappa shape index (κ2) is 10.7. The average molecular weight is 477 g/mol. The summed E-state index contributed by atoms with van der Waals surface area (Å²) in [4.78, 5) is 46.4. The lowest BCUT2D eigenvalue weighted by Gasteiger charge is -2.17. The molecule has 0 bridgehead atoms. The van der Waals surface area contributed by atoms with Gasteiger partial charge >= 0.3 is 0 Å². The summed E-state index contributed by atoms with van der Waals surface area (Å²) in [6.07, 6.45) is 0. The lowest BCUT2D eigenvalue weighted by molar-refractivity contribution is -0.385. The fraction of sp³-hybridized carbons (Fsp3) is 0.250. The predicted molar refractivity (Wildman–Crippen MR) is 117 cm³/mol. The zero-order chi connectivity index (χ0) is 24.8. The van der Waals surface area contributed by atoms with Gasteiger partial charge in [-0.1, -0.05) is 23.8 Å². The molecular formula is C20H23N5O7S. The number of nitrogens with zero attached hydrogens (tertiary/aromatic N) is 2. The van der Waals surface area contributed by atoms with E-state index in [1.807, 2.05) is 12.3 Å². The molecule has 0 aliphatic rings. The van der Waals surface area contributed by atoms with Gasteiger partial charge in [-0.3, -0.25) is 35.3 Å². The maximum atomic E-state index is 12.5. The summed E-state index contributed by atoms with van der Waals surface area (Å²) in [5, 5.41) is 13.2. The lowest BCUT2D eigenvalue weighted by Crippen LogP contribution is -2.49. The van der Waals surface area contributed by atoms with Gasteiger partial charge in [-0.05, 0) is 32.0 Å². The van der Waals surface area contributed by atoms with Crippen molar-refractivity contribution in [3.05, 3.63) is 69.3 Å². The van der Waals surface area contributed by atoms with Gasteiger partial charge in [-0.2, -0.15) is 4.31 Å². The smallest absolute Gasteiger partial charge is 0.273 e. The second-order valence-corrected chi connectivity index (χ2v) is 9.16. The molecule has 0 heterocycles. The molecule has 13 heteroatoms. The van der Waals surface area contributed by atoms with Gasteiger partial charge in [-0.15, -0.1) is 0 Å². The molecule has 3 N–H and O–H groups in total. The van der Waals surface area contributed by atoms with Crippen molar-refractivity contribution in [2.24, 2.45) is 0 Å². The number of rotatable bonds is 8. The van der Waals surface area contributed by atoms with E-state index in [1.54, 1.807) is 12.1 Å². The number of hydrogen-bond acceptors (Lipinski definition) is 7. The number of benzene rings is 2. The summed E-state index contributed by atoms with van der Waals surface area (Å²) in [6.45, 7) is 2.25.